The standard InChI is InChI=1S/C14H30ClN/c1-5-6-7-8-9-12-16-13(10-11-15)14(2,3)4/h13,16H,5-12H2,1-4H3. The van der Waals surface area contributed by atoms with Crippen LogP contribution in [0.1, 0.15) is 66.2 Å². The molecule has 1 nitrogen and oxygen atoms in total. The molecule has 0 aliphatic heterocycles. The molecule has 0 heterocycles. The lowest BCUT2D eigenvalue weighted by molar-refractivity contribution is 0.261. The highest BCUT2D eigenvalue weighted by Gasteiger charge is 2.22. The van der Waals surface area contributed by atoms with Crippen molar-refractivity contribution in [2.75, 3.05) is 12.4 Å². The maximum atomic E-state index is 5.84. The number of halogens is 1. The second-order valence-electron chi connectivity index (χ2n) is 5.76. The van der Waals surface area contributed by atoms with Crippen molar-refractivity contribution < 1.29 is 0 Å². The average Bonchev–Trinajstić information content (AvgIpc) is 2.20. The second kappa shape index (κ2) is 9.30. The van der Waals surface area contributed by atoms with Gasteiger partial charge in [0, 0.05) is 11.9 Å². The van der Waals surface area contributed by atoms with Crippen molar-refractivity contribution >= 4 is 11.6 Å². The Morgan fingerprint density at radius 1 is 1.06 bits per heavy atom. The number of hydrogen-bond acceptors (Lipinski definition) is 1. The highest BCUT2D eigenvalue weighted by atomic mass is 35.5. The summed E-state index contributed by atoms with van der Waals surface area (Å²) in [6, 6.07) is 0.552. The van der Waals surface area contributed by atoms with Crippen molar-refractivity contribution in [2.45, 2.75) is 72.3 Å². The smallest absolute Gasteiger partial charge is 0.0238 e. The highest BCUT2D eigenvalue weighted by molar-refractivity contribution is 6.17. The van der Waals surface area contributed by atoms with Crippen molar-refractivity contribution in [2.24, 2.45) is 5.41 Å². The van der Waals surface area contributed by atoms with Crippen LogP contribution in [0.3, 0.4) is 0 Å². The van der Waals surface area contributed by atoms with E-state index in [4.69, 9.17) is 11.6 Å². The van der Waals surface area contributed by atoms with Gasteiger partial charge in [0.1, 0.15) is 0 Å². The molecular formula is C14H30ClN. The first-order chi connectivity index (χ1) is 7.52. The first kappa shape index (κ1) is 16.2. The third kappa shape index (κ3) is 8.41. The van der Waals surface area contributed by atoms with E-state index in [2.05, 4.69) is 33.0 Å². The lowest BCUT2D eigenvalue weighted by Crippen LogP contribution is -2.41. The van der Waals surface area contributed by atoms with Crippen LogP contribution in [-0.2, 0) is 0 Å². The Morgan fingerprint density at radius 2 is 1.69 bits per heavy atom. The average molecular weight is 248 g/mol. The molecule has 0 aliphatic carbocycles. The third-order valence-electron chi connectivity index (χ3n) is 3.11. The van der Waals surface area contributed by atoms with E-state index in [0.29, 0.717) is 11.5 Å². The topological polar surface area (TPSA) is 12.0 Å². The molecule has 98 valence electrons. The van der Waals surface area contributed by atoms with Crippen LogP contribution in [0.5, 0.6) is 0 Å². The molecular weight excluding hydrogens is 218 g/mol. The molecule has 0 spiro atoms. The Morgan fingerprint density at radius 3 is 2.19 bits per heavy atom. The second-order valence-corrected chi connectivity index (χ2v) is 6.14. The lowest BCUT2D eigenvalue weighted by Gasteiger charge is -2.31. The number of rotatable bonds is 9. The Balaban J connectivity index is 3.61. The summed E-state index contributed by atoms with van der Waals surface area (Å²) in [5.74, 6) is 0.755. The van der Waals surface area contributed by atoms with Crippen LogP contribution in [0.2, 0.25) is 0 Å². The zero-order valence-corrected chi connectivity index (χ0v) is 12.4. The van der Waals surface area contributed by atoms with E-state index in [1.54, 1.807) is 0 Å². The summed E-state index contributed by atoms with van der Waals surface area (Å²) in [5.41, 5.74) is 0.318. The van der Waals surface area contributed by atoms with Gasteiger partial charge in [0.05, 0.1) is 0 Å². The molecule has 0 rings (SSSR count). The van der Waals surface area contributed by atoms with E-state index >= 15 is 0 Å². The molecule has 1 atom stereocenters. The van der Waals surface area contributed by atoms with Crippen LogP contribution in [0.15, 0.2) is 0 Å². The van der Waals surface area contributed by atoms with Crippen LogP contribution >= 0.6 is 11.6 Å². The van der Waals surface area contributed by atoms with Crippen molar-refractivity contribution in [1.82, 2.24) is 5.32 Å². The fraction of sp³-hybridized carbons (Fsp3) is 1.00. The Kier molecular flexibility index (Phi) is 9.44. The van der Waals surface area contributed by atoms with Gasteiger partial charge >= 0.3 is 0 Å². The van der Waals surface area contributed by atoms with Crippen LogP contribution in [0.25, 0.3) is 0 Å². The van der Waals surface area contributed by atoms with Crippen molar-refractivity contribution in [3.05, 3.63) is 0 Å². The van der Waals surface area contributed by atoms with Crippen LogP contribution in [0.4, 0.5) is 0 Å². The normalized spacial score (nSPS) is 14.1. The minimum absolute atomic E-state index is 0.318. The van der Waals surface area contributed by atoms with E-state index in [1.165, 1.54) is 32.1 Å². The van der Waals surface area contributed by atoms with Gasteiger partial charge in [0.25, 0.3) is 0 Å². The van der Waals surface area contributed by atoms with E-state index in [0.717, 1.165) is 18.8 Å². The first-order valence-corrected chi connectivity index (χ1v) is 7.35. The van der Waals surface area contributed by atoms with Gasteiger partial charge in [-0.25, -0.2) is 0 Å². The molecule has 16 heavy (non-hydrogen) atoms. The quantitative estimate of drug-likeness (QED) is 0.464. The summed E-state index contributed by atoms with van der Waals surface area (Å²) < 4.78 is 0. The van der Waals surface area contributed by atoms with Gasteiger partial charge < -0.3 is 5.32 Å². The number of alkyl halides is 1. The maximum absolute atomic E-state index is 5.84. The van der Waals surface area contributed by atoms with Crippen molar-refractivity contribution in [1.29, 1.82) is 0 Å². The fourth-order valence-electron chi connectivity index (χ4n) is 1.96. The van der Waals surface area contributed by atoms with Gasteiger partial charge in [0.15, 0.2) is 0 Å². The zero-order valence-electron chi connectivity index (χ0n) is 11.6. The van der Waals surface area contributed by atoms with E-state index in [-0.39, 0.29) is 0 Å². The minimum atomic E-state index is 0.318. The van der Waals surface area contributed by atoms with E-state index < -0.39 is 0 Å². The van der Waals surface area contributed by atoms with E-state index in [1.807, 2.05) is 0 Å². The monoisotopic (exact) mass is 247 g/mol. The van der Waals surface area contributed by atoms with Gasteiger partial charge in [-0.15, -0.1) is 11.6 Å². The summed E-state index contributed by atoms with van der Waals surface area (Å²) in [6.45, 7) is 10.3. The zero-order chi connectivity index (χ0) is 12.4. The molecule has 2 heteroatoms. The maximum Gasteiger partial charge on any atom is 0.0238 e. The van der Waals surface area contributed by atoms with Crippen molar-refractivity contribution in [3.63, 3.8) is 0 Å². The summed E-state index contributed by atoms with van der Waals surface area (Å²) in [7, 11) is 0. The van der Waals surface area contributed by atoms with Crippen LogP contribution < -0.4 is 5.32 Å². The van der Waals surface area contributed by atoms with Gasteiger partial charge in [-0.2, -0.15) is 0 Å². The summed E-state index contributed by atoms with van der Waals surface area (Å²) in [4.78, 5) is 0. The molecule has 0 aliphatic rings. The molecule has 1 unspecified atom stereocenters. The third-order valence-corrected chi connectivity index (χ3v) is 3.33. The molecule has 0 saturated heterocycles. The number of hydrogen-bond donors (Lipinski definition) is 1. The Bertz CT molecular complexity index is 151. The van der Waals surface area contributed by atoms with Gasteiger partial charge in [-0.05, 0) is 24.8 Å². The first-order valence-electron chi connectivity index (χ1n) is 6.81. The summed E-state index contributed by atoms with van der Waals surface area (Å²) in [5, 5.41) is 3.65. The number of unbranched alkanes of at least 4 members (excludes halogenated alkanes) is 4. The number of nitrogens with one attached hydrogen (secondary N) is 1. The van der Waals surface area contributed by atoms with Crippen molar-refractivity contribution in [3.8, 4) is 0 Å². The van der Waals surface area contributed by atoms with Crippen LogP contribution in [-0.4, -0.2) is 18.5 Å². The largest absolute Gasteiger partial charge is 0.313 e. The van der Waals surface area contributed by atoms with Gasteiger partial charge in [0.2, 0.25) is 0 Å². The predicted molar refractivity (Wildman–Crippen MR) is 75.3 cm³/mol. The molecule has 0 bridgehead atoms. The van der Waals surface area contributed by atoms with E-state index in [9.17, 15) is 0 Å². The Labute approximate surface area is 107 Å². The molecule has 0 fully saturated rings. The predicted octanol–water partition coefficient (Wildman–Crippen LogP) is 4.59. The lowest BCUT2D eigenvalue weighted by atomic mass is 9.85. The molecule has 0 amide bonds. The van der Waals surface area contributed by atoms with Gasteiger partial charge in [-0.3, -0.25) is 0 Å². The fourth-order valence-corrected chi connectivity index (χ4v) is 2.17. The highest BCUT2D eigenvalue weighted by Crippen LogP contribution is 2.22. The molecule has 0 radical (unpaired) electrons. The van der Waals surface area contributed by atoms with Crippen LogP contribution in [0, 0.1) is 5.41 Å². The summed E-state index contributed by atoms with van der Waals surface area (Å²) in [6.07, 6.45) is 7.82. The molecule has 0 aromatic carbocycles. The SMILES string of the molecule is CCCCCCCNC(CCCl)C(C)(C)C. The summed E-state index contributed by atoms with van der Waals surface area (Å²) >= 11 is 5.84. The minimum Gasteiger partial charge on any atom is -0.313 e. The Hall–Kier alpha value is 0.250. The molecule has 1 N–H and O–H groups in total. The molecule has 0 aromatic heterocycles. The molecule has 0 aromatic rings. The van der Waals surface area contributed by atoms with Gasteiger partial charge in [-0.1, -0.05) is 53.4 Å². The molecule has 0 saturated carbocycles.